The molecule has 1 aliphatic rings. The molecule has 84 valence electrons. The monoisotopic (exact) mass is 198 g/mol. The number of hydrogen-bond donors (Lipinski definition) is 1. The Morgan fingerprint density at radius 1 is 1.36 bits per heavy atom. The van der Waals surface area contributed by atoms with E-state index in [1.54, 1.807) is 0 Å². The van der Waals surface area contributed by atoms with Crippen molar-refractivity contribution < 1.29 is 0 Å². The molecule has 0 spiro atoms. The number of nitrogens with zero attached hydrogens (tertiary/aromatic N) is 1. The lowest BCUT2D eigenvalue weighted by Crippen LogP contribution is -2.44. The third-order valence-electron chi connectivity index (χ3n) is 3.25. The van der Waals surface area contributed by atoms with E-state index in [-0.39, 0.29) is 0 Å². The van der Waals surface area contributed by atoms with E-state index in [1.165, 1.54) is 45.2 Å². The van der Waals surface area contributed by atoms with Crippen molar-refractivity contribution in [3.8, 4) is 0 Å². The molecule has 14 heavy (non-hydrogen) atoms. The number of piperidine rings is 1. The van der Waals surface area contributed by atoms with Crippen LogP contribution in [0.1, 0.15) is 46.0 Å². The minimum atomic E-state index is 0.677. The molecule has 0 aromatic heterocycles. The fraction of sp³-hybridized carbons (Fsp3) is 1.00. The van der Waals surface area contributed by atoms with Gasteiger partial charge in [0.25, 0.3) is 0 Å². The molecular weight excluding hydrogens is 172 g/mol. The van der Waals surface area contributed by atoms with E-state index in [2.05, 4.69) is 18.7 Å². The van der Waals surface area contributed by atoms with Crippen LogP contribution in [0, 0.1) is 5.92 Å². The summed E-state index contributed by atoms with van der Waals surface area (Å²) in [6.45, 7) is 7.99. The first-order chi connectivity index (χ1) is 6.74. The summed E-state index contributed by atoms with van der Waals surface area (Å²) in [5.41, 5.74) is 5.78. The second-order valence-electron chi connectivity index (χ2n) is 4.96. The molecule has 2 heteroatoms. The third kappa shape index (κ3) is 3.97. The predicted molar refractivity (Wildman–Crippen MR) is 62.3 cm³/mol. The maximum atomic E-state index is 5.78. The molecular formula is C12H26N2. The lowest BCUT2D eigenvalue weighted by Gasteiger charge is -2.35. The van der Waals surface area contributed by atoms with Crippen LogP contribution in [0.3, 0.4) is 0 Å². The van der Waals surface area contributed by atoms with Crippen molar-refractivity contribution in [3.05, 3.63) is 0 Å². The zero-order chi connectivity index (χ0) is 10.4. The Labute approximate surface area is 88.8 Å². The second kappa shape index (κ2) is 6.41. The molecule has 0 saturated carbocycles. The van der Waals surface area contributed by atoms with Crippen LogP contribution in [0.15, 0.2) is 0 Å². The Morgan fingerprint density at radius 2 is 2.14 bits per heavy atom. The van der Waals surface area contributed by atoms with Crippen LogP contribution in [-0.4, -0.2) is 30.6 Å². The molecule has 1 aliphatic heterocycles. The lowest BCUT2D eigenvalue weighted by molar-refractivity contribution is 0.148. The van der Waals surface area contributed by atoms with E-state index in [4.69, 9.17) is 5.73 Å². The molecule has 2 N–H and O–H groups in total. The first-order valence-corrected chi connectivity index (χ1v) is 6.18. The van der Waals surface area contributed by atoms with Gasteiger partial charge in [-0.3, -0.25) is 4.90 Å². The Kier molecular flexibility index (Phi) is 5.49. The summed E-state index contributed by atoms with van der Waals surface area (Å²) in [6, 6.07) is 0.677. The van der Waals surface area contributed by atoms with Crippen LogP contribution < -0.4 is 5.73 Å². The maximum absolute atomic E-state index is 5.78. The molecule has 0 aromatic carbocycles. The van der Waals surface area contributed by atoms with E-state index in [0.29, 0.717) is 6.04 Å². The molecule has 1 heterocycles. The van der Waals surface area contributed by atoms with Gasteiger partial charge >= 0.3 is 0 Å². The number of likely N-dealkylation sites (tertiary alicyclic amines) is 1. The highest BCUT2D eigenvalue weighted by atomic mass is 15.2. The van der Waals surface area contributed by atoms with E-state index < -0.39 is 0 Å². The van der Waals surface area contributed by atoms with Crippen LogP contribution in [0.25, 0.3) is 0 Å². The first-order valence-electron chi connectivity index (χ1n) is 6.18. The Morgan fingerprint density at radius 3 is 2.79 bits per heavy atom. The highest BCUT2D eigenvalue weighted by Gasteiger charge is 2.19. The summed E-state index contributed by atoms with van der Waals surface area (Å²) in [4.78, 5) is 2.60. The minimum absolute atomic E-state index is 0.677. The zero-order valence-electron chi connectivity index (χ0n) is 9.84. The fourth-order valence-corrected chi connectivity index (χ4v) is 2.32. The van der Waals surface area contributed by atoms with Gasteiger partial charge in [0.2, 0.25) is 0 Å². The van der Waals surface area contributed by atoms with Crippen molar-refractivity contribution >= 4 is 0 Å². The maximum Gasteiger partial charge on any atom is 0.0218 e. The molecule has 1 saturated heterocycles. The SMILES string of the molecule is CC(C)CCCN1CCCC[C@H]1CN. The largest absolute Gasteiger partial charge is 0.329 e. The van der Waals surface area contributed by atoms with Crippen molar-refractivity contribution in [1.82, 2.24) is 4.90 Å². The van der Waals surface area contributed by atoms with Gasteiger partial charge in [0.15, 0.2) is 0 Å². The van der Waals surface area contributed by atoms with Crippen LogP contribution in [0.2, 0.25) is 0 Å². The van der Waals surface area contributed by atoms with Gasteiger partial charge in [0.05, 0.1) is 0 Å². The van der Waals surface area contributed by atoms with E-state index in [9.17, 15) is 0 Å². The Bertz CT molecular complexity index is 145. The van der Waals surface area contributed by atoms with Crippen LogP contribution >= 0.6 is 0 Å². The van der Waals surface area contributed by atoms with E-state index >= 15 is 0 Å². The average molecular weight is 198 g/mol. The lowest BCUT2D eigenvalue weighted by atomic mass is 10.0. The van der Waals surface area contributed by atoms with Gasteiger partial charge < -0.3 is 5.73 Å². The summed E-state index contributed by atoms with van der Waals surface area (Å²) in [6.07, 6.45) is 6.76. The average Bonchev–Trinajstić information content (AvgIpc) is 2.18. The van der Waals surface area contributed by atoms with Crippen LogP contribution in [-0.2, 0) is 0 Å². The fourth-order valence-electron chi connectivity index (χ4n) is 2.32. The summed E-state index contributed by atoms with van der Waals surface area (Å²) in [5.74, 6) is 0.844. The summed E-state index contributed by atoms with van der Waals surface area (Å²) >= 11 is 0. The van der Waals surface area contributed by atoms with Crippen molar-refractivity contribution in [3.63, 3.8) is 0 Å². The molecule has 1 atom stereocenters. The first kappa shape index (κ1) is 12.0. The van der Waals surface area contributed by atoms with Gasteiger partial charge in [0.1, 0.15) is 0 Å². The van der Waals surface area contributed by atoms with Crippen molar-refractivity contribution in [2.24, 2.45) is 11.7 Å². The highest BCUT2D eigenvalue weighted by molar-refractivity contribution is 4.77. The second-order valence-corrected chi connectivity index (χ2v) is 4.96. The van der Waals surface area contributed by atoms with Gasteiger partial charge in [-0.25, -0.2) is 0 Å². The minimum Gasteiger partial charge on any atom is -0.329 e. The standard InChI is InChI=1S/C12H26N2/c1-11(2)6-5-9-14-8-4-3-7-12(14)10-13/h11-12H,3-10,13H2,1-2H3/t12-/m0/s1. The third-order valence-corrected chi connectivity index (χ3v) is 3.25. The van der Waals surface area contributed by atoms with Crippen molar-refractivity contribution in [1.29, 1.82) is 0 Å². The summed E-state index contributed by atoms with van der Waals surface area (Å²) in [5, 5.41) is 0. The molecule has 0 amide bonds. The van der Waals surface area contributed by atoms with Gasteiger partial charge in [-0.1, -0.05) is 20.3 Å². The Hall–Kier alpha value is -0.0800. The molecule has 0 aromatic rings. The Balaban J connectivity index is 2.19. The highest BCUT2D eigenvalue weighted by Crippen LogP contribution is 2.17. The predicted octanol–water partition coefficient (Wildman–Crippen LogP) is 2.24. The molecule has 1 rings (SSSR count). The molecule has 0 radical (unpaired) electrons. The quantitative estimate of drug-likeness (QED) is 0.734. The van der Waals surface area contributed by atoms with E-state index in [1.807, 2.05) is 0 Å². The molecule has 0 unspecified atom stereocenters. The van der Waals surface area contributed by atoms with Gasteiger partial charge in [-0.05, 0) is 44.7 Å². The van der Waals surface area contributed by atoms with Crippen molar-refractivity contribution in [2.75, 3.05) is 19.6 Å². The van der Waals surface area contributed by atoms with Crippen molar-refractivity contribution in [2.45, 2.75) is 52.0 Å². The molecule has 0 aliphatic carbocycles. The van der Waals surface area contributed by atoms with E-state index in [0.717, 1.165) is 12.5 Å². The number of rotatable bonds is 5. The number of nitrogens with two attached hydrogens (primary N) is 1. The number of hydrogen-bond acceptors (Lipinski definition) is 2. The smallest absolute Gasteiger partial charge is 0.0218 e. The topological polar surface area (TPSA) is 29.3 Å². The summed E-state index contributed by atoms with van der Waals surface area (Å²) < 4.78 is 0. The van der Waals surface area contributed by atoms with Gasteiger partial charge in [-0.15, -0.1) is 0 Å². The normalized spacial score (nSPS) is 24.4. The zero-order valence-corrected chi connectivity index (χ0v) is 9.84. The molecule has 1 fully saturated rings. The molecule has 0 bridgehead atoms. The summed E-state index contributed by atoms with van der Waals surface area (Å²) in [7, 11) is 0. The van der Waals surface area contributed by atoms with Gasteiger partial charge in [0, 0.05) is 12.6 Å². The van der Waals surface area contributed by atoms with Gasteiger partial charge in [-0.2, -0.15) is 0 Å². The van der Waals surface area contributed by atoms with Crippen LogP contribution in [0.4, 0.5) is 0 Å². The van der Waals surface area contributed by atoms with Crippen LogP contribution in [0.5, 0.6) is 0 Å². The molecule has 2 nitrogen and oxygen atoms in total.